The summed E-state index contributed by atoms with van der Waals surface area (Å²) in [7, 11) is 1.81. The highest BCUT2D eigenvalue weighted by atomic mass is 127. The number of unbranched alkanes of at least 4 members (excludes halogenated alkanes) is 1. The number of guanidine groups is 1. The third-order valence-corrected chi connectivity index (χ3v) is 5.02. The van der Waals surface area contributed by atoms with Crippen molar-refractivity contribution < 1.29 is 4.74 Å². The fourth-order valence-electron chi connectivity index (χ4n) is 2.47. The molecule has 1 aliphatic rings. The van der Waals surface area contributed by atoms with E-state index in [1.807, 2.05) is 13.2 Å². The molecule has 1 aliphatic heterocycles. The normalized spacial score (nSPS) is 15.8. The number of aryl methyl sites for hydroxylation is 1. The van der Waals surface area contributed by atoms with Gasteiger partial charge >= 0.3 is 0 Å². The molecule has 0 bridgehead atoms. The van der Waals surface area contributed by atoms with Gasteiger partial charge < -0.3 is 15.4 Å². The molecule has 2 N–H and O–H groups in total. The molecular weight excluding hydrogens is 437 g/mol. The highest BCUT2D eigenvalue weighted by Gasteiger charge is 2.09. The lowest BCUT2D eigenvalue weighted by atomic mass is 10.3. The van der Waals surface area contributed by atoms with E-state index in [1.54, 1.807) is 11.3 Å². The van der Waals surface area contributed by atoms with Crippen molar-refractivity contribution in [3.8, 4) is 0 Å². The van der Waals surface area contributed by atoms with E-state index in [4.69, 9.17) is 4.74 Å². The Morgan fingerprint density at radius 2 is 2.12 bits per heavy atom. The van der Waals surface area contributed by atoms with Gasteiger partial charge in [-0.15, -0.1) is 35.3 Å². The van der Waals surface area contributed by atoms with Crippen molar-refractivity contribution in [3.63, 3.8) is 0 Å². The van der Waals surface area contributed by atoms with E-state index in [0.29, 0.717) is 0 Å². The first-order chi connectivity index (χ1) is 11.3. The van der Waals surface area contributed by atoms with E-state index < -0.39 is 0 Å². The molecule has 24 heavy (non-hydrogen) atoms. The first-order valence-electron chi connectivity index (χ1n) is 8.50. The van der Waals surface area contributed by atoms with Crippen LogP contribution in [0.4, 0.5) is 0 Å². The second kappa shape index (κ2) is 12.8. The Hall–Kier alpha value is -0.450. The third-order valence-electron chi connectivity index (χ3n) is 3.88. The molecule has 0 radical (unpaired) electrons. The van der Waals surface area contributed by atoms with Crippen molar-refractivity contribution in [1.82, 2.24) is 20.5 Å². The predicted octanol–water partition coefficient (Wildman–Crippen LogP) is 2.10. The van der Waals surface area contributed by atoms with Crippen molar-refractivity contribution in [1.29, 1.82) is 0 Å². The summed E-state index contributed by atoms with van der Waals surface area (Å²) in [5.41, 5.74) is 0. The zero-order valence-electron chi connectivity index (χ0n) is 14.7. The average Bonchev–Trinajstić information content (AvgIpc) is 3.06. The van der Waals surface area contributed by atoms with Crippen molar-refractivity contribution >= 4 is 41.3 Å². The van der Waals surface area contributed by atoms with Crippen molar-refractivity contribution in [2.45, 2.75) is 32.7 Å². The summed E-state index contributed by atoms with van der Waals surface area (Å²) < 4.78 is 5.36. The smallest absolute Gasteiger partial charge is 0.191 e. The molecule has 0 unspecified atom stereocenters. The minimum Gasteiger partial charge on any atom is -0.379 e. The van der Waals surface area contributed by atoms with Crippen LogP contribution in [-0.4, -0.2) is 62.3 Å². The maximum atomic E-state index is 5.36. The summed E-state index contributed by atoms with van der Waals surface area (Å²) in [5, 5.41) is 7.80. The number of halogens is 1. The van der Waals surface area contributed by atoms with E-state index in [1.165, 1.54) is 11.3 Å². The largest absolute Gasteiger partial charge is 0.379 e. The highest BCUT2D eigenvalue weighted by molar-refractivity contribution is 14.0. The number of ether oxygens (including phenoxy) is 1. The molecule has 1 fully saturated rings. The summed E-state index contributed by atoms with van der Waals surface area (Å²) in [4.78, 5) is 12.5. The minimum atomic E-state index is 0. The van der Waals surface area contributed by atoms with Gasteiger partial charge in [-0.25, -0.2) is 4.98 Å². The number of morpholine rings is 1. The SMILES string of the molecule is CCc1cnc(CNC(=NC)NCCCCN2CCOCC2)s1.I. The Morgan fingerprint density at radius 3 is 2.79 bits per heavy atom. The van der Waals surface area contributed by atoms with E-state index in [-0.39, 0.29) is 24.0 Å². The van der Waals surface area contributed by atoms with Gasteiger partial charge in [-0.05, 0) is 25.8 Å². The van der Waals surface area contributed by atoms with Crippen molar-refractivity contribution in [2.24, 2.45) is 4.99 Å². The number of nitrogens with one attached hydrogen (secondary N) is 2. The first-order valence-corrected chi connectivity index (χ1v) is 9.31. The molecule has 2 rings (SSSR count). The summed E-state index contributed by atoms with van der Waals surface area (Å²) in [6.45, 7) is 8.91. The summed E-state index contributed by atoms with van der Waals surface area (Å²) >= 11 is 1.76. The van der Waals surface area contributed by atoms with Gasteiger partial charge in [0.15, 0.2) is 5.96 Å². The van der Waals surface area contributed by atoms with Gasteiger partial charge in [0, 0.05) is 37.8 Å². The monoisotopic (exact) mass is 467 g/mol. The average molecular weight is 467 g/mol. The van der Waals surface area contributed by atoms with Crippen molar-refractivity contribution in [3.05, 3.63) is 16.1 Å². The molecule has 1 aromatic heterocycles. The van der Waals surface area contributed by atoms with Gasteiger partial charge in [0.1, 0.15) is 5.01 Å². The number of hydrogen-bond donors (Lipinski definition) is 2. The van der Waals surface area contributed by atoms with E-state index in [0.717, 1.165) is 69.7 Å². The van der Waals surface area contributed by atoms with Crippen LogP contribution >= 0.6 is 35.3 Å². The second-order valence-corrected chi connectivity index (χ2v) is 6.79. The molecule has 0 aromatic carbocycles. The summed E-state index contributed by atoms with van der Waals surface area (Å²) in [6.07, 6.45) is 5.36. The Balaban J connectivity index is 0.00000288. The molecule has 0 amide bonds. The molecule has 1 saturated heterocycles. The number of aliphatic imine (C=N–C) groups is 1. The van der Waals surface area contributed by atoms with Crippen LogP contribution in [0.3, 0.4) is 0 Å². The molecular formula is C16H30IN5OS. The van der Waals surface area contributed by atoms with Crippen LogP contribution in [0, 0.1) is 0 Å². The maximum Gasteiger partial charge on any atom is 0.191 e. The zero-order chi connectivity index (χ0) is 16.3. The fraction of sp³-hybridized carbons (Fsp3) is 0.750. The number of rotatable bonds is 8. The first kappa shape index (κ1) is 21.6. The van der Waals surface area contributed by atoms with Crippen LogP contribution in [0.2, 0.25) is 0 Å². The van der Waals surface area contributed by atoms with Crippen LogP contribution in [0.25, 0.3) is 0 Å². The third kappa shape index (κ3) is 8.09. The molecule has 0 atom stereocenters. The maximum absolute atomic E-state index is 5.36. The van der Waals surface area contributed by atoms with Gasteiger partial charge in [0.25, 0.3) is 0 Å². The summed E-state index contributed by atoms with van der Waals surface area (Å²) in [6, 6.07) is 0. The van der Waals surface area contributed by atoms with Gasteiger partial charge in [0.05, 0.1) is 19.8 Å². The molecule has 6 nitrogen and oxygen atoms in total. The number of hydrogen-bond acceptors (Lipinski definition) is 5. The standard InChI is InChI=1S/C16H29N5OS.HI/c1-3-14-12-19-15(23-14)13-20-16(17-2)18-6-4-5-7-21-8-10-22-11-9-21;/h12H,3-11,13H2,1-2H3,(H2,17,18,20);1H. The lowest BCUT2D eigenvalue weighted by Gasteiger charge is -2.26. The van der Waals surface area contributed by atoms with Gasteiger partial charge in [0.2, 0.25) is 0 Å². The van der Waals surface area contributed by atoms with E-state index in [2.05, 4.69) is 32.4 Å². The predicted molar refractivity (Wildman–Crippen MR) is 112 cm³/mol. The number of nitrogens with zero attached hydrogens (tertiary/aromatic N) is 3. The Kier molecular flexibility index (Phi) is 11.6. The lowest BCUT2D eigenvalue weighted by molar-refractivity contribution is 0.0372. The topological polar surface area (TPSA) is 61.8 Å². The van der Waals surface area contributed by atoms with Gasteiger partial charge in [-0.1, -0.05) is 6.92 Å². The Morgan fingerprint density at radius 1 is 1.33 bits per heavy atom. The quantitative estimate of drug-likeness (QED) is 0.266. The number of thiazole rings is 1. The Labute approximate surface area is 166 Å². The van der Waals surface area contributed by atoms with E-state index in [9.17, 15) is 0 Å². The lowest BCUT2D eigenvalue weighted by Crippen LogP contribution is -2.38. The van der Waals surface area contributed by atoms with Crippen LogP contribution in [0.5, 0.6) is 0 Å². The molecule has 1 aromatic rings. The molecule has 2 heterocycles. The van der Waals surface area contributed by atoms with Crippen LogP contribution in [0.1, 0.15) is 29.7 Å². The molecule has 0 saturated carbocycles. The molecule has 8 heteroatoms. The van der Waals surface area contributed by atoms with Gasteiger partial charge in [-0.3, -0.25) is 9.89 Å². The summed E-state index contributed by atoms with van der Waals surface area (Å²) in [5.74, 6) is 0.852. The van der Waals surface area contributed by atoms with Gasteiger partial charge in [-0.2, -0.15) is 0 Å². The Bertz CT molecular complexity index is 477. The highest BCUT2D eigenvalue weighted by Crippen LogP contribution is 2.12. The van der Waals surface area contributed by atoms with Crippen molar-refractivity contribution in [2.75, 3.05) is 46.4 Å². The fourth-order valence-corrected chi connectivity index (χ4v) is 3.27. The molecule has 0 aliphatic carbocycles. The number of aromatic nitrogens is 1. The zero-order valence-corrected chi connectivity index (χ0v) is 17.9. The second-order valence-electron chi connectivity index (χ2n) is 5.59. The minimum absolute atomic E-state index is 0. The van der Waals surface area contributed by atoms with Crippen LogP contribution in [-0.2, 0) is 17.7 Å². The van der Waals surface area contributed by atoms with Crippen LogP contribution in [0.15, 0.2) is 11.2 Å². The van der Waals surface area contributed by atoms with E-state index >= 15 is 0 Å². The van der Waals surface area contributed by atoms with Crippen LogP contribution < -0.4 is 10.6 Å². The molecule has 0 spiro atoms. The molecule has 138 valence electrons.